The molecule has 3 heterocycles. The number of aromatic nitrogens is 1. The Balaban J connectivity index is 0.000000200. The number of methoxy groups -OCH3 is 1. The van der Waals surface area contributed by atoms with Gasteiger partial charge in [0.05, 0.1) is 29.6 Å². The molecule has 1 saturated carbocycles. The molecule has 260 valence electrons. The molecular weight excluding hydrogens is 624 g/mol. The summed E-state index contributed by atoms with van der Waals surface area (Å²) in [7, 11) is 1.36. The lowest BCUT2D eigenvalue weighted by Crippen LogP contribution is -2.55. The van der Waals surface area contributed by atoms with Crippen molar-refractivity contribution in [1.82, 2.24) is 15.2 Å². The van der Waals surface area contributed by atoms with Gasteiger partial charge in [-0.1, -0.05) is 24.3 Å². The highest BCUT2D eigenvalue weighted by Gasteiger charge is 2.47. The molecule has 0 unspecified atom stereocenters. The van der Waals surface area contributed by atoms with Gasteiger partial charge in [0.25, 0.3) is 0 Å². The summed E-state index contributed by atoms with van der Waals surface area (Å²) >= 11 is 0. The van der Waals surface area contributed by atoms with Crippen LogP contribution in [0, 0.1) is 17.7 Å². The number of amides is 1. The number of allylic oxidation sites excluding steroid dienone is 2. The molecule has 7 rings (SSSR count). The van der Waals surface area contributed by atoms with E-state index in [-0.39, 0.29) is 46.3 Å². The van der Waals surface area contributed by atoms with Crippen LogP contribution in [0.2, 0.25) is 0 Å². The molecule has 0 spiro atoms. The fraction of sp³-hybridized carbons (Fsp3) is 0.571. The minimum absolute atomic E-state index is 0.0957. The maximum atomic E-state index is 15.4. The van der Waals surface area contributed by atoms with Crippen LogP contribution in [0.1, 0.15) is 69.3 Å². The number of fused-ring (bicyclic) bond motifs is 3. The van der Waals surface area contributed by atoms with E-state index in [1.165, 1.54) is 11.7 Å². The fourth-order valence-electron chi connectivity index (χ4n) is 7.67. The smallest absolute Gasteiger partial charge is 0.408 e. The first-order valence-electron chi connectivity index (χ1n) is 16.5. The maximum Gasteiger partial charge on any atom is 0.408 e. The van der Waals surface area contributed by atoms with Crippen LogP contribution in [-0.2, 0) is 4.74 Å². The number of carboxylic acids is 1. The third-order valence-electron chi connectivity index (χ3n) is 10.2. The average molecular weight is 670 g/mol. The number of anilines is 1. The number of hydrogen-bond donors (Lipinski definition) is 4. The summed E-state index contributed by atoms with van der Waals surface area (Å²) < 4.78 is 41.7. The van der Waals surface area contributed by atoms with E-state index in [0.29, 0.717) is 25.4 Å². The predicted octanol–water partition coefficient (Wildman–Crippen LogP) is 4.43. The number of hydrogen-bond acceptors (Lipinski definition) is 8. The van der Waals surface area contributed by atoms with Gasteiger partial charge in [0.1, 0.15) is 23.0 Å². The second-order valence-corrected chi connectivity index (χ2v) is 14.8. The monoisotopic (exact) mass is 669 g/mol. The number of alkyl carbamates (subject to hydrolysis) is 1. The minimum Gasteiger partial charge on any atom is -0.492 e. The van der Waals surface area contributed by atoms with E-state index in [2.05, 4.69) is 28.9 Å². The first-order valence-corrected chi connectivity index (χ1v) is 16.5. The topological polar surface area (TPSA) is 148 Å². The number of pyridine rings is 1. The number of nitrogens with two attached hydrogens (primary N) is 1. The summed E-state index contributed by atoms with van der Waals surface area (Å²) in [5.41, 5.74) is 4.55. The molecule has 1 amide bonds. The normalized spacial score (nSPS) is 30.3. The van der Waals surface area contributed by atoms with Crippen LogP contribution in [0.4, 0.5) is 19.3 Å². The van der Waals surface area contributed by atoms with Crippen LogP contribution < -0.4 is 31.4 Å². The molecule has 2 aromatic rings. The highest BCUT2D eigenvalue weighted by Crippen LogP contribution is 2.47. The van der Waals surface area contributed by atoms with E-state index in [1.807, 2.05) is 31.7 Å². The molecular formula is C35H45F2N5O6. The number of halogens is 2. The van der Waals surface area contributed by atoms with Crippen molar-refractivity contribution in [2.45, 2.75) is 81.8 Å². The van der Waals surface area contributed by atoms with Crippen molar-refractivity contribution >= 4 is 28.7 Å². The Morgan fingerprint density at radius 1 is 1.15 bits per heavy atom. The van der Waals surface area contributed by atoms with E-state index >= 15 is 4.39 Å². The molecule has 2 saturated heterocycles. The van der Waals surface area contributed by atoms with Crippen molar-refractivity contribution in [3.63, 3.8) is 0 Å². The maximum absolute atomic E-state index is 15.4. The molecule has 3 aliphatic carbocycles. The summed E-state index contributed by atoms with van der Waals surface area (Å²) in [5.74, 6) is -1.41. The Kier molecular flexibility index (Phi) is 8.82. The number of carbonyl (C=O) groups is 2. The van der Waals surface area contributed by atoms with Crippen LogP contribution in [0.25, 0.3) is 10.9 Å². The summed E-state index contributed by atoms with van der Waals surface area (Å²) in [4.78, 5) is 38.1. The summed E-state index contributed by atoms with van der Waals surface area (Å²) in [6, 6.07) is 0.414. The molecule has 1 aromatic heterocycles. The van der Waals surface area contributed by atoms with Gasteiger partial charge in [0.15, 0.2) is 11.6 Å². The summed E-state index contributed by atoms with van der Waals surface area (Å²) in [5, 5.41) is 15.7. The number of carbonyl (C=O) groups excluding carboxylic acids is 1. The molecule has 6 atom stereocenters. The number of alkyl halides is 1. The van der Waals surface area contributed by atoms with Crippen molar-refractivity contribution in [1.29, 1.82) is 0 Å². The second kappa shape index (κ2) is 12.5. The summed E-state index contributed by atoms with van der Waals surface area (Å²) in [6.45, 7) is 8.39. The van der Waals surface area contributed by atoms with E-state index in [4.69, 9.17) is 15.2 Å². The number of aromatic carboxylic acids is 1. The molecule has 5 aliphatic rings. The molecule has 0 bridgehead atoms. The Bertz CT molecular complexity index is 1740. The SMILES string of the molecule is CC(C)(C)OC(=O)N[C@@]12CC=CC[C@H]1CNC2.COc1c(N2C[C@@H]3CC=CC[C@@]3(N)C2)c(F)cc2c(=O)c(C(=O)O)cn([C@@H]3C[C@@H]3F)c12. The Morgan fingerprint density at radius 2 is 1.83 bits per heavy atom. The van der Waals surface area contributed by atoms with Gasteiger partial charge in [-0.25, -0.2) is 18.4 Å². The van der Waals surface area contributed by atoms with Gasteiger partial charge in [0.2, 0.25) is 5.43 Å². The van der Waals surface area contributed by atoms with E-state index < -0.39 is 46.1 Å². The third-order valence-corrected chi connectivity index (χ3v) is 10.2. The van der Waals surface area contributed by atoms with Gasteiger partial charge in [-0.05, 0) is 64.4 Å². The summed E-state index contributed by atoms with van der Waals surface area (Å²) in [6.07, 6.45) is 11.7. The Morgan fingerprint density at radius 3 is 2.46 bits per heavy atom. The zero-order chi connectivity index (χ0) is 34.6. The minimum atomic E-state index is -1.44. The zero-order valence-corrected chi connectivity index (χ0v) is 27.9. The molecule has 1 aromatic carbocycles. The standard InChI is InChI=1S/C22H23F2N3O4.C13H22N2O2/c1-31-20-17-12(19(28)13(21(29)30)9-27(17)16-7-14(16)23)6-15(24)18(20)26-8-11-4-2-3-5-22(11,25)10-26;1-12(2,3)17-11(16)15-13-7-5-4-6-10(13)8-14-9-13/h2-3,6,9,11,14,16H,4-5,7-8,10,25H2,1H3,(H,29,30);4-5,10,14H,6-9H2,1-3H3,(H,15,16)/t11-,14-,16+,22+;10-,13+/m00/s1. The zero-order valence-electron chi connectivity index (χ0n) is 27.9. The van der Waals surface area contributed by atoms with Crippen LogP contribution >= 0.6 is 0 Å². The fourth-order valence-corrected chi connectivity index (χ4v) is 7.67. The van der Waals surface area contributed by atoms with Gasteiger partial charge in [-0.2, -0.15) is 0 Å². The number of benzene rings is 1. The first-order chi connectivity index (χ1) is 22.7. The highest BCUT2D eigenvalue weighted by molar-refractivity contribution is 5.97. The van der Waals surface area contributed by atoms with E-state index in [9.17, 15) is 23.9 Å². The van der Waals surface area contributed by atoms with Gasteiger partial charge in [-0.15, -0.1) is 0 Å². The van der Waals surface area contributed by atoms with Gasteiger partial charge in [-0.3, -0.25) is 4.79 Å². The number of carboxylic acid groups (broad SMARTS) is 1. The number of nitrogens with one attached hydrogen (secondary N) is 2. The highest BCUT2D eigenvalue weighted by atomic mass is 19.1. The van der Waals surface area contributed by atoms with Crippen molar-refractivity contribution in [3.05, 3.63) is 58.2 Å². The van der Waals surface area contributed by atoms with Crippen molar-refractivity contribution in [2.75, 3.05) is 38.2 Å². The van der Waals surface area contributed by atoms with E-state index in [0.717, 1.165) is 44.6 Å². The van der Waals surface area contributed by atoms with Crippen molar-refractivity contribution < 1.29 is 33.0 Å². The Hall–Kier alpha value is -3.97. The molecule has 0 radical (unpaired) electrons. The van der Waals surface area contributed by atoms with Crippen LogP contribution in [0.5, 0.6) is 5.75 Å². The van der Waals surface area contributed by atoms with Crippen molar-refractivity contribution in [2.24, 2.45) is 17.6 Å². The third kappa shape index (κ3) is 6.29. The largest absolute Gasteiger partial charge is 0.492 e. The molecule has 11 nitrogen and oxygen atoms in total. The van der Waals surface area contributed by atoms with Gasteiger partial charge >= 0.3 is 12.1 Å². The van der Waals surface area contributed by atoms with E-state index in [1.54, 1.807) is 0 Å². The van der Waals surface area contributed by atoms with Gasteiger partial charge in [0, 0.05) is 44.3 Å². The van der Waals surface area contributed by atoms with Crippen LogP contribution in [0.3, 0.4) is 0 Å². The molecule has 48 heavy (non-hydrogen) atoms. The molecule has 2 aliphatic heterocycles. The second-order valence-electron chi connectivity index (χ2n) is 14.8. The number of ether oxygens (including phenoxy) is 2. The van der Waals surface area contributed by atoms with Crippen LogP contribution in [0.15, 0.2) is 41.4 Å². The van der Waals surface area contributed by atoms with Crippen molar-refractivity contribution in [3.8, 4) is 5.75 Å². The lowest BCUT2D eigenvalue weighted by molar-refractivity contribution is 0.0434. The van der Waals surface area contributed by atoms with Gasteiger partial charge < -0.3 is 40.4 Å². The first kappa shape index (κ1) is 33.9. The molecule has 5 N–H and O–H groups in total. The quantitative estimate of drug-likeness (QED) is 0.340. The van der Waals surface area contributed by atoms with Crippen LogP contribution in [-0.4, -0.2) is 77.9 Å². The number of rotatable bonds is 5. The predicted molar refractivity (Wildman–Crippen MR) is 178 cm³/mol. The average Bonchev–Trinajstić information content (AvgIpc) is 3.42. The lowest BCUT2D eigenvalue weighted by Gasteiger charge is -2.37. The Labute approximate surface area is 278 Å². The number of nitrogens with zero attached hydrogens (tertiary/aromatic N) is 2. The lowest BCUT2D eigenvalue weighted by atomic mass is 9.78. The molecule has 13 heteroatoms. The molecule has 3 fully saturated rings.